The van der Waals surface area contributed by atoms with Gasteiger partial charge in [-0.1, -0.05) is 24.9 Å². The van der Waals surface area contributed by atoms with Gasteiger partial charge in [-0.15, -0.1) is 11.8 Å². The van der Waals surface area contributed by atoms with E-state index in [0.29, 0.717) is 16.3 Å². The number of pyridine rings is 1. The lowest BCUT2D eigenvalue weighted by Gasteiger charge is -2.19. The summed E-state index contributed by atoms with van der Waals surface area (Å²) in [5.41, 5.74) is 0. The molecule has 1 aromatic heterocycles. The molecule has 2 atom stereocenters. The van der Waals surface area contributed by atoms with Gasteiger partial charge >= 0.3 is 0 Å². The van der Waals surface area contributed by atoms with E-state index in [1.54, 1.807) is 6.20 Å². The molecule has 1 aliphatic rings. The monoisotopic (exact) mass is 256 g/mol. The maximum absolute atomic E-state index is 5.82. The van der Waals surface area contributed by atoms with Gasteiger partial charge in [-0.3, -0.25) is 0 Å². The Morgan fingerprint density at radius 3 is 3.06 bits per heavy atom. The van der Waals surface area contributed by atoms with Gasteiger partial charge < -0.3 is 5.32 Å². The molecule has 0 bridgehead atoms. The molecule has 2 nitrogen and oxygen atoms in total. The van der Waals surface area contributed by atoms with Crippen molar-refractivity contribution >= 4 is 23.4 Å². The Hall–Kier alpha value is -0.250. The van der Waals surface area contributed by atoms with Gasteiger partial charge in [0.15, 0.2) is 0 Å². The molecular formula is C12H17ClN2S. The standard InChI is InChI=1S/C12H17ClN2S/c1-2-14-10-4-3-5-11(10)16-12-7-6-9(13)8-15-12/h6-8,10-11,14H,2-5H2,1H3. The molecule has 2 rings (SSSR count). The number of rotatable bonds is 4. The quantitative estimate of drug-likeness (QED) is 0.894. The molecule has 0 aliphatic heterocycles. The number of thioether (sulfide) groups is 1. The number of nitrogens with one attached hydrogen (secondary N) is 1. The number of hydrogen-bond donors (Lipinski definition) is 1. The summed E-state index contributed by atoms with van der Waals surface area (Å²) < 4.78 is 0. The van der Waals surface area contributed by atoms with Crippen LogP contribution in [0.15, 0.2) is 23.4 Å². The third-order valence-corrected chi connectivity index (χ3v) is 4.46. The SMILES string of the molecule is CCNC1CCCC1Sc1ccc(Cl)cn1. The van der Waals surface area contributed by atoms with Crippen molar-refractivity contribution in [2.24, 2.45) is 0 Å². The fraction of sp³-hybridized carbons (Fsp3) is 0.583. The fourth-order valence-electron chi connectivity index (χ4n) is 2.15. The lowest BCUT2D eigenvalue weighted by Crippen LogP contribution is -2.33. The summed E-state index contributed by atoms with van der Waals surface area (Å²) in [5, 5.41) is 6.00. The lowest BCUT2D eigenvalue weighted by atomic mass is 10.2. The summed E-state index contributed by atoms with van der Waals surface area (Å²) in [6.45, 7) is 3.22. The first kappa shape index (κ1) is 12.2. The highest BCUT2D eigenvalue weighted by molar-refractivity contribution is 7.99. The van der Waals surface area contributed by atoms with Crippen molar-refractivity contribution in [3.8, 4) is 0 Å². The van der Waals surface area contributed by atoms with E-state index < -0.39 is 0 Å². The molecule has 16 heavy (non-hydrogen) atoms. The number of nitrogens with zero attached hydrogens (tertiary/aromatic N) is 1. The molecule has 2 unspecified atom stereocenters. The zero-order chi connectivity index (χ0) is 11.4. The predicted octanol–water partition coefficient (Wildman–Crippen LogP) is 3.36. The first-order valence-electron chi connectivity index (χ1n) is 5.81. The topological polar surface area (TPSA) is 24.9 Å². The average Bonchev–Trinajstić information content (AvgIpc) is 2.70. The summed E-state index contributed by atoms with van der Waals surface area (Å²) in [7, 11) is 0. The van der Waals surface area contributed by atoms with Crippen LogP contribution in [0, 0.1) is 0 Å². The minimum Gasteiger partial charge on any atom is -0.313 e. The zero-order valence-electron chi connectivity index (χ0n) is 9.45. The van der Waals surface area contributed by atoms with Crippen LogP contribution < -0.4 is 5.32 Å². The van der Waals surface area contributed by atoms with Crippen LogP contribution >= 0.6 is 23.4 Å². The molecule has 1 N–H and O–H groups in total. The number of aromatic nitrogens is 1. The van der Waals surface area contributed by atoms with Gasteiger partial charge in [0.1, 0.15) is 0 Å². The molecule has 1 saturated carbocycles. The summed E-state index contributed by atoms with van der Waals surface area (Å²) in [5.74, 6) is 0. The van der Waals surface area contributed by atoms with E-state index in [4.69, 9.17) is 11.6 Å². The molecule has 1 aliphatic carbocycles. The van der Waals surface area contributed by atoms with E-state index in [2.05, 4.69) is 17.2 Å². The number of hydrogen-bond acceptors (Lipinski definition) is 3. The van der Waals surface area contributed by atoms with E-state index in [1.807, 2.05) is 23.9 Å². The van der Waals surface area contributed by atoms with E-state index in [-0.39, 0.29) is 0 Å². The van der Waals surface area contributed by atoms with Gasteiger partial charge in [-0.25, -0.2) is 4.98 Å². The molecule has 0 saturated heterocycles. The Labute approximate surface area is 106 Å². The largest absolute Gasteiger partial charge is 0.313 e. The minimum absolute atomic E-state index is 0.646. The highest BCUT2D eigenvalue weighted by Gasteiger charge is 2.27. The first-order chi connectivity index (χ1) is 7.79. The predicted molar refractivity (Wildman–Crippen MR) is 70.2 cm³/mol. The second-order valence-corrected chi connectivity index (χ2v) is 5.76. The van der Waals surface area contributed by atoms with Crippen molar-refractivity contribution in [1.82, 2.24) is 10.3 Å². The molecular weight excluding hydrogens is 240 g/mol. The molecule has 0 amide bonds. The smallest absolute Gasteiger partial charge is 0.0964 e. The second-order valence-electron chi connectivity index (χ2n) is 4.07. The van der Waals surface area contributed by atoms with E-state index in [0.717, 1.165) is 11.6 Å². The molecule has 4 heteroatoms. The molecule has 88 valence electrons. The molecule has 0 aromatic carbocycles. The van der Waals surface area contributed by atoms with E-state index in [9.17, 15) is 0 Å². The second kappa shape index (κ2) is 5.89. The fourth-order valence-corrected chi connectivity index (χ4v) is 3.51. The number of halogens is 1. The highest BCUT2D eigenvalue weighted by Crippen LogP contribution is 2.34. The van der Waals surface area contributed by atoms with Gasteiger partial charge in [0, 0.05) is 17.5 Å². The average molecular weight is 257 g/mol. The normalized spacial score (nSPS) is 24.9. The maximum Gasteiger partial charge on any atom is 0.0964 e. The zero-order valence-corrected chi connectivity index (χ0v) is 11.0. The van der Waals surface area contributed by atoms with Crippen molar-refractivity contribution in [3.63, 3.8) is 0 Å². The first-order valence-corrected chi connectivity index (χ1v) is 7.07. The van der Waals surface area contributed by atoms with Gasteiger partial charge in [0.2, 0.25) is 0 Å². The van der Waals surface area contributed by atoms with Crippen LogP contribution in [-0.4, -0.2) is 22.8 Å². The minimum atomic E-state index is 0.646. The maximum atomic E-state index is 5.82. The van der Waals surface area contributed by atoms with Crippen LogP contribution in [0.5, 0.6) is 0 Å². The highest BCUT2D eigenvalue weighted by atomic mass is 35.5. The lowest BCUT2D eigenvalue weighted by molar-refractivity contribution is 0.550. The van der Waals surface area contributed by atoms with Crippen molar-refractivity contribution < 1.29 is 0 Å². The van der Waals surface area contributed by atoms with Gasteiger partial charge in [-0.05, 0) is 31.5 Å². The summed E-state index contributed by atoms with van der Waals surface area (Å²) in [4.78, 5) is 4.34. The molecule has 1 heterocycles. The van der Waals surface area contributed by atoms with Crippen LogP contribution in [-0.2, 0) is 0 Å². The van der Waals surface area contributed by atoms with Crippen LogP contribution in [0.4, 0.5) is 0 Å². The van der Waals surface area contributed by atoms with Crippen molar-refractivity contribution in [2.75, 3.05) is 6.54 Å². The van der Waals surface area contributed by atoms with Crippen LogP contribution in [0.3, 0.4) is 0 Å². The third kappa shape index (κ3) is 3.12. The van der Waals surface area contributed by atoms with Gasteiger partial charge in [0.25, 0.3) is 0 Å². The summed E-state index contributed by atoms with van der Waals surface area (Å²) in [6, 6.07) is 4.56. The van der Waals surface area contributed by atoms with Crippen LogP contribution in [0.25, 0.3) is 0 Å². The summed E-state index contributed by atoms with van der Waals surface area (Å²) in [6.07, 6.45) is 5.62. The Morgan fingerprint density at radius 2 is 2.38 bits per heavy atom. The Balaban J connectivity index is 1.95. The Morgan fingerprint density at radius 1 is 1.50 bits per heavy atom. The van der Waals surface area contributed by atoms with Crippen LogP contribution in [0.2, 0.25) is 5.02 Å². The molecule has 1 fully saturated rings. The van der Waals surface area contributed by atoms with E-state index in [1.165, 1.54) is 19.3 Å². The van der Waals surface area contributed by atoms with Crippen LogP contribution in [0.1, 0.15) is 26.2 Å². The Bertz CT molecular complexity index is 328. The third-order valence-electron chi connectivity index (χ3n) is 2.89. The summed E-state index contributed by atoms with van der Waals surface area (Å²) >= 11 is 7.70. The van der Waals surface area contributed by atoms with Gasteiger partial charge in [0.05, 0.1) is 10.0 Å². The van der Waals surface area contributed by atoms with Crippen molar-refractivity contribution in [2.45, 2.75) is 42.5 Å². The molecule has 1 aromatic rings. The van der Waals surface area contributed by atoms with Crippen molar-refractivity contribution in [1.29, 1.82) is 0 Å². The molecule has 0 spiro atoms. The molecule has 0 radical (unpaired) electrons. The van der Waals surface area contributed by atoms with Gasteiger partial charge in [-0.2, -0.15) is 0 Å². The Kier molecular flexibility index (Phi) is 4.50. The van der Waals surface area contributed by atoms with E-state index >= 15 is 0 Å². The van der Waals surface area contributed by atoms with Crippen molar-refractivity contribution in [3.05, 3.63) is 23.4 Å².